The molecule has 0 spiro atoms. The molecule has 0 bridgehead atoms. The zero-order valence-corrected chi connectivity index (χ0v) is 20.0. The van der Waals surface area contributed by atoms with Gasteiger partial charge in [-0.05, 0) is 48.6 Å². The number of nitrogens with zero attached hydrogens (tertiary/aromatic N) is 2. The fraction of sp³-hybridized carbons (Fsp3) is 0.269. The Kier molecular flexibility index (Phi) is 7.89. The average molecular weight is 494 g/mol. The van der Waals surface area contributed by atoms with Gasteiger partial charge >= 0.3 is 5.97 Å². The summed E-state index contributed by atoms with van der Waals surface area (Å²) in [7, 11) is -3.64. The van der Waals surface area contributed by atoms with E-state index < -0.39 is 34.4 Å². The lowest BCUT2D eigenvalue weighted by Gasteiger charge is -2.29. The van der Waals surface area contributed by atoms with Gasteiger partial charge in [0.05, 0.1) is 5.92 Å². The molecule has 3 aromatic rings. The number of para-hydroxylation sites is 1. The van der Waals surface area contributed by atoms with Crippen LogP contribution < -0.4 is 5.32 Å². The first-order valence-corrected chi connectivity index (χ1v) is 12.9. The molecule has 1 amide bonds. The van der Waals surface area contributed by atoms with Crippen LogP contribution in [-0.2, 0) is 30.8 Å². The Morgan fingerprint density at radius 1 is 0.971 bits per heavy atom. The molecule has 1 saturated heterocycles. The molecule has 35 heavy (non-hydrogen) atoms. The summed E-state index contributed by atoms with van der Waals surface area (Å²) < 4.78 is 32.0. The smallest absolute Gasteiger partial charge is 0.309 e. The van der Waals surface area contributed by atoms with Gasteiger partial charge in [-0.3, -0.25) is 14.6 Å². The first-order chi connectivity index (χ1) is 16.9. The van der Waals surface area contributed by atoms with Crippen molar-refractivity contribution in [1.82, 2.24) is 9.29 Å². The van der Waals surface area contributed by atoms with Crippen LogP contribution in [0.1, 0.15) is 24.0 Å². The standard InChI is InChI=1S/C26H27N3O5S/c30-25(28-24-11-5-4-9-22(24)17-20-7-2-1-3-8-20)19-34-26(31)21-12-15-29(16-13-21)35(32,33)23-10-6-14-27-18-23/h1-11,14,18,21H,12-13,15-17,19H2,(H,28,30). The maximum Gasteiger partial charge on any atom is 0.309 e. The number of rotatable bonds is 8. The molecule has 182 valence electrons. The van der Waals surface area contributed by atoms with Gasteiger partial charge in [-0.25, -0.2) is 8.42 Å². The van der Waals surface area contributed by atoms with E-state index in [2.05, 4.69) is 10.3 Å². The number of piperidine rings is 1. The largest absolute Gasteiger partial charge is 0.455 e. The number of pyridine rings is 1. The number of hydrogen-bond donors (Lipinski definition) is 1. The number of anilines is 1. The lowest BCUT2D eigenvalue weighted by molar-refractivity contribution is -0.152. The van der Waals surface area contributed by atoms with Crippen molar-refractivity contribution in [3.05, 3.63) is 90.3 Å². The summed E-state index contributed by atoms with van der Waals surface area (Å²) in [5.41, 5.74) is 2.75. The van der Waals surface area contributed by atoms with Crippen LogP contribution in [0.5, 0.6) is 0 Å². The van der Waals surface area contributed by atoms with Crippen LogP contribution >= 0.6 is 0 Å². The first kappa shape index (κ1) is 24.6. The number of ether oxygens (including phenoxy) is 1. The predicted octanol–water partition coefficient (Wildman–Crippen LogP) is 3.26. The maximum atomic E-state index is 12.7. The van der Waals surface area contributed by atoms with Gasteiger partial charge in [-0.15, -0.1) is 0 Å². The minimum absolute atomic E-state index is 0.130. The van der Waals surface area contributed by atoms with Crippen molar-refractivity contribution in [2.24, 2.45) is 5.92 Å². The van der Waals surface area contributed by atoms with Gasteiger partial charge < -0.3 is 10.1 Å². The highest BCUT2D eigenvalue weighted by atomic mass is 32.2. The van der Waals surface area contributed by atoms with Crippen LogP contribution in [0.15, 0.2) is 84.0 Å². The quantitative estimate of drug-likeness (QED) is 0.483. The second-order valence-corrected chi connectivity index (χ2v) is 10.3. The third kappa shape index (κ3) is 6.32. The van der Waals surface area contributed by atoms with Gasteiger partial charge in [0.25, 0.3) is 5.91 Å². The van der Waals surface area contributed by atoms with Gasteiger partial charge in [0.1, 0.15) is 4.90 Å². The van der Waals surface area contributed by atoms with Gasteiger partial charge in [0, 0.05) is 31.2 Å². The molecular formula is C26H27N3O5S. The highest BCUT2D eigenvalue weighted by molar-refractivity contribution is 7.89. The first-order valence-electron chi connectivity index (χ1n) is 11.4. The molecule has 9 heteroatoms. The second kappa shape index (κ2) is 11.2. The number of nitrogens with one attached hydrogen (secondary N) is 1. The molecule has 2 heterocycles. The number of sulfonamides is 1. The number of esters is 1. The Balaban J connectivity index is 1.27. The van der Waals surface area contributed by atoms with Gasteiger partial charge in [-0.2, -0.15) is 4.31 Å². The normalized spacial score (nSPS) is 14.9. The lowest BCUT2D eigenvalue weighted by Crippen LogP contribution is -2.41. The number of hydrogen-bond acceptors (Lipinski definition) is 6. The lowest BCUT2D eigenvalue weighted by atomic mass is 9.98. The van der Waals surface area contributed by atoms with E-state index in [1.807, 2.05) is 54.6 Å². The van der Waals surface area contributed by atoms with E-state index in [1.54, 1.807) is 6.07 Å². The summed E-state index contributed by atoms with van der Waals surface area (Å²) >= 11 is 0. The van der Waals surface area contributed by atoms with Crippen molar-refractivity contribution >= 4 is 27.6 Å². The minimum atomic E-state index is -3.64. The molecule has 8 nitrogen and oxygen atoms in total. The minimum Gasteiger partial charge on any atom is -0.455 e. The number of aromatic nitrogens is 1. The second-order valence-electron chi connectivity index (χ2n) is 8.34. The zero-order valence-electron chi connectivity index (χ0n) is 19.2. The molecule has 1 N–H and O–H groups in total. The third-order valence-corrected chi connectivity index (χ3v) is 7.82. The molecule has 0 saturated carbocycles. The fourth-order valence-corrected chi connectivity index (χ4v) is 5.47. The summed E-state index contributed by atoms with van der Waals surface area (Å²) in [4.78, 5) is 29.0. The number of carbonyl (C=O) groups is 2. The van der Waals surface area contributed by atoms with Crippen molar-refractivity contribution in [1.29, 1.82) is 0 Å². The molecule has 1 fully saturated rings. The summed E-state index contributed by atoms with van der Waals surface area (Å²) in [5, 5.41) is 2.82. The molecule has 2 aromatic carbocycles. The monoisotopic (exact) mass is 493 g/mol. The number of benzene rings is 2. The van der Waals surface area contributed by atoms with E-state index in [1.165, 1.54) is 22.8 Å². The molecule has 1 aliphatic heterocycles. The maximum absolute atomic E-state index is 12.7. The molecule has 0 atom stereocenters. The van der Waals surface area contributed by atoms with Crippen molar-refractivity contribution in [2.75, 3.05) is 25.0 Å². The molecule has 0 unspecified atom stereocenters. The van der Waals surface area contributed by atoms with Crippen LogP contribution in [0, 0.1) is 5.92 Å². The zero-order chi connectivity index (χ0) is 24.7. The Bertz CT molecular complexity index is 1260. The Morgan fingerprint density at radius 3 is 2.40 bits per heavy atom. The summed E-state index contributed by atoms with van der Waals surface area (Å²) in [6, 6.07) is 20.5. The molecular weight excluding hydrogens is 466 g/mol. The predicted molar refractivity (Wildman–Crippen MR) is 131 cm³/mol. The van der Waals surface area contributed by atoms with Crippen molar-refractivity contribution in [3.8, 4) is 0 Å². The van der Waals surface area contributed by atoms with E-state index >= 15 is 0 Å². The number of amides is 1. The van der Waals surface area contributed by atoms with Crippen LogP contribution in [0.2, 0.25) is 0 Å². The Morgan fingerprint density at radius 2 is 1.69 bits per heavy atom. The Labute approximate surface area is 205 Å². The summed E-state index contributed by atoms with van der Waals surface area (Å²) in [6.07, 6.45) is 4.16. The average Bonchev–Trinajstić information content (AvgIpc) is 2.89. The molecule has 1 aromatic heterocycles. The molecule has 4 rings (SSSR count). The third-order valence-electron chi connectivity index (χ3n) is 5.93. The van der Waals surface area contributed by atoms with E-state index in [9.17, 15) is 18.0 Å². The van der Waals surface area contributed by atoms with E-state index in [0.717, 1.165) is 11.1 Å². The van der Waals surface area contributed by atoms with E-state index in [4.69, 9.17) is 4.74 Å². The van der Waals surface area contributed by atoms with Gasteiger partial charge in [-0.1, -0.05) is 48.5 Å². The highest BCUT2D eigenvalue weighted by Crippen LogP contribution is 2.24. The van der Waals surface area contributed by atoms with Crippen molar-refractivity contribution in [3.63, 3.8) is 0 Å². The topological polar surface area (TPSA) is 106 Å². The molecule has 0 radical (unpaired) electrons. The summed E-state index contributed by atoms with van der Waals surface area (Å²) in [5.74, 6) is -1.36. The molecule has 1 aliphatic rings. The van der Waals surface area contributed by atoms with Crippen LogP contribution in [-0.4, -0.2) is 49.3 Å². The van der Waals surface area contributed by atoms with Crippen LogP contribution in [0.25, 0.3) is 0 Å². The summed E-state index contributed by atoms with van der Waals surface area (Å²) in [6.45, 7) is 0.0127. The highest BCUT2D eigenvalue weighted by Gasteiger charge is 2.33. The molecule has 0 aliphatic carbocycles. The fourth-order valence-electron chi connectivity index (χ4n) is 4.03. The SMILES string of the molecule is O=C(COC(=O)C1CCN(S(=O)(=O)c2cccnc2)CC1)Nc1ccccc1Cc1ccccc1. The van der Waals surface area contributed by atoms with Crippen LogP contribution in [0.3, 0.4) is 0 Å². The van der Waals surface area contributed by atoms with E-state index in [-0.39, 0.29) is 18.0 Å². The van der Waals surface area contributed by atoms with E-state index in [0.29, 0.717) is 24.9 Å². The van der Waals surface area contributed by atoms with Gasteiger partial charge in [0.15, 0.2) is 6.61 Å². The van der Waals surface area contributed by atoms with Crippen molar-refractivity contribution in [2.45, 2.75) is 24.2 Å². The van der Waals surface area contributed by atoms with Gasteiger partial charge in [0.2, 0.25) is 10.0 Å². The number of carbonyl (C=O) groups excluding carboxylic acids is 2. The van der Waals surface area contributed by atoms with Crippen molar-refractivity contribution < 1.29 is 22.7 Å². The van der Waals surface area contributed by atoms with Crippen LogP contribution in [0.4, 0.5) is 5.69 Å². The Hall–Kier alpha value is -3.56.